The van der Waals surface area contributed by atoms with Crippen LogP contribution in [0.25, 0.3) is 0 Å². The van der Waals surface area contributed by atoms with Crippen molar-refractivity contribution in [3.63, 3.8) is 0 Å². The highest BCUT2D eigenvalue weighted by atomic mass is 17.0. The molecule has 1 atom stereocenters. The van der Waals surface area contributed by atoms with E-state index in [-0.39, 0.29) is 5.28 Å². The summed E-state index contributed by atoms with van der Waals surface area (Å²) in [5.41, 5.74) is 0. The molecule has 7 nitrogen and oxygen atoms in total. The van der Waals surface area contributed by atoms with Crippen molar-refractivity contribution in [1.82, 2.24) is 5.28 Å². The Morgan fingerprint density at radius 3 is 2.00 bits per heavy atom. The highest BCUT2D eigenvalue weighted by Gasteiger charge is 1.89. The Kier molecular flexibility index (Phi) is 2.71. The SMILES string of the molecule is NN(N)O[NH+](N)[O-]. The zero-order valence-corrected chi connectivity index (χ0v) is 3.50. The molecule has 7 heteroatoms. The van der Waals surface area contributed by atoms with E-state index in [1.165, 1.54) is 0 Å². The smallest absolute Gasteiger partial charge is 0.000528 e. The van der Waals surface area contributed by atoms with E-state index in [9.17, 15) is 5.21 Å². The third kappa shape index (κ3) is 5.72. The van der Waals surface area contributed by atoms with Crippen LogP contribution in [0.15, 0.2) is 0 Å². The van der Waals surface area contributed by atoms with Gasteiger partial charge in [0.2, 0.25) is 0 Å². The van der Waals surface area contributed by atoms with E-state index in [4.69, 9.17) is 0 Å². The highest BCUT2D eigenvalue weighted by molar-refractivity contribution is 3.80. The van der Waals surface area contributed by atoms with Gasteiger partial charge in [-0.05, 0) is 0 Å². The third-order valence-corrected chi connectivity index (χ3v) is 0.195. The monoisotopic (exact) mass is 109 g/mol. The molecule has 0 aromatic rings. The molecular weight excluding hydrogens is 102 g/mol. The molecule has 0 radical (unpaired) electrons. The van der Waals surface area contributed by atoms with Crippen LogP contribution < -0.4 is 22.9 Å². The normalized spacial score (nSPS) is 15.0. The van der Waals surface area contributed by atoms with E-state index in [2.05, 4.69) is 22.5 Å². The Bertz CT molecular complexity index is 35.3. The van der Waals surface area contributed by atoms with Gasteiger partial charge in [0.25, 0.3) is 0 Å². The van der Waals surface area contributed by atoms with Gasteiger partial charge in [-0.15, -0.1) is 11.2 Å². The maximum Gasteiger partial charge on any atom is 0.000528 e. The Morgan fingerprint density at radius 2 is 2.00 bits per heavy atom. The molecule has 1 unspecified atom stereocenters. The lowest BCUT2D eigenvalue weighted by molar-refractivity contribution is -1.09. The largest absolute Gasteiger partial charge is 0.578 e. The van der Waals surface area contributed by atoms with E-state index in [1.54, 1.807) is 0 Å². The molecule has 0 bridgehead atoms. The van der Waals surface area contributed by atoms with Crippen LogP contribution in [0, 0.1) is 5.21 Å². The second-order valence-electron chi connectivity index (χ2n) is 0.770. The lowest BCUT2D eigenvalue weighted by atomic mass is 12.4. The minimum Gasteiger partial charge on any atom is -0.578 e. The fourth-order valence-electron chi connectivity index (χ4n) is 0.104. The molecule has 0 aliphatic heterocycles. The number of hydrogen-bond acceptors (Lipinski definition) is 6. The summed E-state index contributed by atoms with van der Waals surface area (Å²) in [4.78, 5) is 3.78. The minimum absolute atomic E-state index is 0.225. The summed E-state index contributed by atoms with van der Waals surface area (Å²) in [6.45, 7) is 0. The van der Waals surface area contributed by atoms with Crippen molar-refractivity contribution in [3.05, 3.63) is 5.21 Å². The van der Waals surface area contributed by atoms with Gasteiger partial charge in [-0.3, -0.25) is 0 Å². The molecule has 0 aliphatic carbocycles. The van der Waals surface area contributed by atoms with Crippen LogP contribution in [0.1, 0.15) is 0 Å². The van der Waals surface area contributed by atoms with E-state index in [0.29, 0.717) is 0 Å². The fourth-order valence-corrected chi connectivity index (χ4v) is 0.104. The molecule has 0 heterocycles. The number of nitrogens with zero attached hydrogens (tertiary/aromatic N) is 1. The summed E-state index contributed by atoms with van der Waals surface area (Å²) in [6.07, 6.45) is 0. The van der Waals surface area contributed by atoms with Crippen LogP contribution in [0.4, 0.5) is 0 Å². The molecule has 7 N–H and O–H groups in total. The second kappa shape index (κ2) is 2.82. The summed E-state index contributed by atoms with van der Waals surface area (Å²) in [5, 5.41) is 8.80. The summed E-state index contributed by atoms with van der Waals surface area (Å²) in [7, 11) is 0. The van der Waals surface area contributed by atoms with Crippen LogP contribution >= 0.6 is 0 Å². The summed E-state index contributed by atoms with van der Waals surface area (Å²) in [6, 6.07) is 0. The molecule has 7 heavy (non-hydrogen) atoms. The highest BCUT2D eigenvalue weighted by Crippen LogP contribution is 1.44. The number of nitrogens with two attached hydrogens (primary N) is 3. The Hall–Kier alpha value is -0.280. The van der Waals surface area contributed by atoms with E-state index >= 15 is 0 Å². The predicted molar refractivity (Wildman–Crippen MR) is 19.8 cm³/mol. The predicted octanol–water partition coefficient (Wildman–Crippen LogP) is -3.86. The standard InChI is InChI=1S/H7N5O2/c1-4(2)7-5(3)6/h5H,1-3H2. The number of nitrogens with one attached hydrogen (secondary N) is 1. The van der Waals surface area contributed by atoms with Crippen LogP contribution in [-0.2, 0) is 4.94 Å². The molecule has 0 fully saturated rings. The van der Waals surface area contributed by atoms with Gasteiger partial charge in [0.15, 0.2) is 0 Å². The maximum atomic E-state index is 9.61. The third-order valence-electron chi connectivity index (χ3n) is 0.195. The first-order valence-corrected chi connectivity index (χ1v) is 1.40. The number of quaternary nitrogens is 1. The number of hydrazine groups is 2. The van der Waals surface area contributed by atoms with Gasteiger partial charge in [-0.2, -0.15) is 0 Å². The molecule has 0 saturated heterocycles. The number of hydrogen-bond donors (Lipinski definition) is 4. The second-order valence-corrected chi connectivity index (χ2v) is 0.770. The molecule has 44 valence electrons. The summed E-state index contributed by atoms with van der Waals surface area (Å²) in [5.74, 6) is 13.6. The van der Waals surface area contributed by atoms with Gasteiger partial charge < -0.3 is 5.21 Å². The van der Waals surface area contributed by atoms with Crippen LogP contribution in [0.3, 0.4) is 0 Å². The van der Waals surface area contributed by atoms with Gasteiger partial charge in [0.1, 0.15) is 0 Å². The molecule has 0 aliphatic rings. The Morgan fingerprint density at radius 1 is 1.57 bits per heavy atom. The van der Waals surface area contributed by atoms with Gasteiger partial charge in [-0.1, -0.05) is 4.94 Å². The van der Waals surface area contributed by atoms with Crippen molar-refractivity contribution in [2.75, 3.05) is 0 Å². The molecule has 0 spiro atoms. The van der Waals surface area contributed by atoms with Crippen LogP contribution in [-0.4, -0.2) is 5.28 Å². The van der Waals surface area contributed by atoms with Gasteiger partial charge in [0, 0.05) is 5.28 Å². The van der Waals surface area contributed by atoms with Crippen molar-refractivity contribution in [3.8, 4) is 0 Å². The number of rotatable bonds is 2. The van der Waals surface area contributed by atoms with Crippen molar-refractivity contribution in [1.29, 1.82) is 0 Å². The minimum atomic E-state index is -1.04. The average molecular weight is 109 g/mol. The first-order chi connectivity index (χ1) is 3.13. The summed E-state index contributed by atoms with van der Waals surface area (Å²) >= 11 is 0. The van der Waals surface area contributed by atoms with Crippen molar-refractivity contribution < 1.29 is 10.3 Å². The average Bonchev–Trinajstić information content (AvgIpc) is 1.27. The van der Waals surface area contributed by atoms with Crippen LogP contribution in [0.5, 0.6) is 0 Å². The van der Waals surface area contributed by atoms with Crippen molar-refractivity contribution in [2.24, 2.45) is 17.5 Å². The van der Waals surface area contributed by atoms with Crippen molar-refractivity contribution >= 4 is 0 Å². The lowest BCUT2D eigenvalue weighted by Gasteiger charge is -2.13. The van der Waals surface area contributed by atoms with Gasteiger partial charge in [0.05, 0.1) is 0 Å². The quantitative estimate of drug-likeness (QED) is 0.213. The lowest BCUT2D eigenvalue weighted by Crippen LogP contribution is -3.13. The first kappa shape index (κ1) is 6.72. The van der Waals surface area contributed by atoms with Crippen molar-refractivity contribution in [2.45, 2.75) is 0 Å². The van der Waals surface area contributed by atoms with Gasteiger partial charge >= 0.3 is 0 Å². The zero-order valence-electron chi connectivity index (χ0n) is 3.50. The molecule has 0 aromatic carbocycles. The zero-order chi connectivity index (χ0) is 5.86. The molecule has 0 aromatic heterocycles. The van der Waals surface area contributed by atoms with E-state index in [0.717, 1.165) is 0 Å². The van der Waals surface area contributed by atoms with E-state index in [1.807, 2.05) is 0 Å². The van der Waals surface area contributed by atoms with Gasteiger partial charge in [-0.25, -0.2) is 11.7 Å². The maximum absolute atomic E-state index is 9.61. The van der Waals surface area contributed by atoms with E-state index < -0.39 is 5.34 Å². The Balaban J connectivity index is 2.95. The van der Waals surface area contributed by atoms with Crippen LogP contribution in [0.2, 0.25) is 0 Å². The molecule has 0 rings (SSSR count). The molecule has 0 amide bonds. The summed E-state index contributed by atoms with van der Waals surface area (Å²) < 4.78 is 0. The Labute approximate surface area is 39.6 Å². The fraction of sp³-hybridized carbons (Fsp3) is 0. The first-order valence-electron chi connectivity index (χ1n) is 1.40. The molecule has 0 saturated carbocycles. The topological polar surface area (TPSA) is 118 Å². The molecular formula is H7N5O2.